The maximum atomic E-state index is 13.1. The highest BCUT2D eigenvalue weighted by Gasteiger charge is 2.29. The van der Waals surface area contributed by atoms with E-state index in [0.717, 1.165) is 42.1 Å². The number of sulfonamides is 1. The van der Waals surface area contributed by atoms with Crippen LogP contribution in [0.15, 0.2) is 23.1 Å². The van der Waals surface area contributed by atoms with Crippen LogP contribution >= 0.6 is 0 Å². The summed E-state index contributed by atoms with van der Waals surface area (Å²) in [5.74, 6) is 0.510. The van der Waals surface area contributed by atoms with E-state index in [4.69, 9.17) is 0 Å². The van der Waals surface area contributed by atoms with Crippen molar-refractivity contribution < 1.29 is 13.2 Å². The molecule has 0 atom stereocenters. The fraction of sp³-hybridized carbons (Fsp3) is 0.571. The number of aromatic nitrogens is 1. The van der Waals surface area contributed by atoms with E-state index in [-0.39, 0.29) is 5.91 Å². The molecule has 28 heavy (non-hydrogen) atoms. The number of aromatic amines is 1. The molecule has 0 saturated carbocycles. The molecule has 2 aromatic rings. The number of carbonyl (C=O) groups is 1. The summed E-state index contributed by atoms with van der Waals surface area (Å²) in [7, 11) is -1.71. The monoisotopic (exact) mass is 405 g/mol. The molecule has 2 heterocycles. The van der Waals surface area contributed by atoms with Crippen molar-refractivity contribution in [1.82, 2.24) is 14.2 Å². The zero-order chi connectivity index (χ0) is 20.5. The molecular weight excluding hydrogens is 374 g/mol. The minimum atomic E-state index is -3.51. The van der Waals surface area contributed by atoms with Crippen molar-refractivity contribution in [2.75, 3.05) is 26.7 Å². The average Bonchev–Trinajstić information content (AvgIpc) is 3.02. The Balaban J connectivity index is 1.92. The molecule has 7 heteroatoms. The van der Waals surface area contributed by atoms with Gasteiger partial charge in [0.2, 0.25) is 10.0 Å². The summed E-state index contributed by atoms with van der Waals surface area (Å²) in [5.41, 5.74) is 2.12. The van der Waals surface area contributed by atoms with E-state index in [0.29, 0.717) is 36.1 Å². The number of piperidine rings is 1. The highest BCUT2D eigenvalue weighted by molar-refractivity contribution is 7.89. The Labute approximate surface area is 168 Å². The Kier molecular flexibility index (Phi) is 6.15. The molecule has 1 aliphatic rings. The summed E-state index contributed by atoms with van der Waals surface area (Å²) in [6.45, 7) is 7.97. The van der Waals surface area contributed by atoms with E-state index in [1.807, 2.05) is 6.92 Å². The Morgan fingerprint density at radius 3 is 2.61 bits per heavy atom. The van der Waals surface area contributed by atoms with Gasteiger partial charge in [-0.2, -0.15) is 4.31 Å². The average molecular weight is 406 g/mol. The zero-order valence-corrected chi connectivity index (χ0v) is 18.1. The fourth-order valence-corrected chi connectivity index (χ4v) is 5.24. The highest BCUT2D eigenvalue weighted by Crippen LogP contribution is 2.29. The van der Waals surface area contributed by atoms with Gasteiger partial charge < -0.3 is 9.88 Å². The highest BCUT2D eigenvalue weighted by atomic mass is 32.2. The van der Waals surface area contributed by atoms with E-state index in [2.05, 4.69) is 18.8 Å². The lowest BCUT2D eigenvalue weighted by Crippen LogP contribution is -2.37. The van der Waals surface area contributed by atoms with Crippen LogP contribution in [-0.4, -0.2) is 55.2 Å². The summed E-state index contributed by atoms with van der Waals surface area (Å²) in [4.78, 5) is 18.0. The number of benzene rings is 1. The first-order valence-corrected chi connectivity index (χ1v) is 11.6. The molecule has 0 radical (unpaired) electrons. The Hall–Kier alpha value is -1.86. The van der Waals surface area contributed by atoms with Crippen LogP contribution < -0.4 is 0 Å². The van der Waals surface area contributed by atoms with Gasteiger partial charge in [0.15, 0.2) is 0 Å². The number of hydrogen-bond donors (Lipinski definition) is 1. The molecule has 1 N–H and O–H groups in total. The normalized spacial score (nSPS) is 16.6. The van der Waals surface area contributed by atoms with Gasteiger partial charge in [0, 0.05) is 37.6 Å². The van der Waals surface area contributed by atoms with Crippen LogP contribution in [0.4, 0.5) is 0 Å². The first-order valence-electron chi connectivity index (χ1n) is 10.1. The van der Waals surface area contributed by atoms with Crippen LogP contribution in [0, 0.1) is 12.8 Å². The van der Waals surface area contributed by atoms with Crippen LogP contribution in [-0.2, 0) is 10.0 Å². The number of rotatable bonds is 6. The smallest absolute Gasteiger partial charge is 0.270 e. The van der Waals surface area contributed by atoms with Crippen molar-refractivity contribution in [3.05, 3.63) is 29.5 Å². The number of aryl methyl sites for hydroxylation is 1. The third-order valence-electron chi connectivity index (χ3n) is 5.82. The number of nitrogens with one attached hydrogen (secondary N) is 1. The number of nitrogens with zero attached hydrogens (tertiary/aromatic N) is 2. The zero-order valence-electron chi connectivity index (χ0n) is 17.3. The second-order valence-electron chi connectivity index (χ2n) is 8.00. The molecular formula is C21H31N3O3S. The van der Waals surface area contributed by atoms with Crippen molar-refractivity contribution in [3.8, 4) is 0 Å². The largest absolute Gasteiger partial charge is 0.350 e. The summed E-state index contributed by atoms with van der Waals surface area (Å²) >= 11 is 0. The fourth-order valence-electron chi connectivity index (χ4n) is 3.74. The number of fused-ring (bicyclic) bond motifs is 1. The van der Waals surface area contributed by atoms with Crippen molar-refractivity contribution in [2.45, 2.75) is 51.3 Å². The predicted molar refractivity (Wildman–Crippen MR) is 112 cm³/mol. The maximum absolute atomic E-state index is 13.1. The molecule has 154 valence electrons. The van der Waals surface area contributed by atoms with Gasteiger partial charge >= 0.3 is 0 Å². The molecule has 0 unspecified atom stereocenters. The molecule has 3 rings (SSSR count). The topological polar surface area (TPSA) is 73.5 Å². The van der Waals surface area contributed by atoms with Gasteiger partial charge in [-0.25, -0.2) is 8.42 Å². The molecule has 0 aliphatic carbocycles. The number of H-pyrrole nitrogens is 1. The lowest BCUT2D eigenvalue weighted by Gasteiger charge is -2.29. The predicted octanol–water partition coefficient (Wildman–Crippen LogP) is 3.77. The molecule has 1 amide bonds. The van der Waals surface area contributed by atoms with Crippen molar-refractivity contribution in [1.29, 1.82) is 0 Å². The Morgan fingerprint density at radius 1 is 1.29 bits per heavy atom. The molecule has 0 spiro atoms. The van der Waals surface area contributed by atoms with Crippen LogP contribution in [0.1, 0.15) is 55.6 Å². The molecule has 0 bridgehead atoms. The summed E-state index contributed by atoms with van der Waals surface area (Å²) < 4.78 is 27.7. The van der Waals surface area contributed by atoms with Gasteiger partial charge in [0.25, 0.3) is 5.91 Å². The SMILES string of the molecule is CCCCN(C)C(=O)c1[nH]c2ccc(S(=O)(=O)N3CCC(C)CC3)cc2c1C. The van der Waals surface area contributed by atoms with Crippen LogP contribution in [0.25, 0.3) is 10.9 Å². The quantitative estimate of drug-likeness (QED) is 0.795. The van der Waals surface area contributed by atoms with Crippen molar-refractivity contribution in [2.24, 2.45) is 5.92 Å². The minimum Gasteiger partial charge on any atom is -0.350 e. The van der Waals surface area contributed by atoms with Gasteiger partial charge in [-0.15, -0.1) is 0 Å². The van der Waals surface area contributed by atoms with E-state index < -0.39 is 10.0 Å². The first-order chi connectivity index (χ1) is 13.3. The first kappa shape index (κ1) is 20.9. The molecule has 1 fully saturated rings. The Morgan fingerprint density at radius 2 is 1.96 bits per heavy atom. The van der Waals surface area contributed by atoms with E-state index in [9.17, 15) is 13.2 Å². The third kappa shape index (κ3) is 3.96. The van der Waals surface area contributed by atoms with Crippen LogP contribution in [0.2, 0.25) is 0 Å². The van der Waals surface area contributed by atoms with Gasteiger partial charge in [0.1, 0.15) is 5.69 Å². The van der Waals surface area contributed by atoms with Crippen molar-refractivity contribution >= 4 is 26.8 Å². The second kappa shape index (κ2) is 8.25. The van der Waals surface area contributed by atoms with Crippen LogP contribution in [0.5, 0.6) is 0 Å². The summed E-state index contributed by atoms with van der Waals surface area (Å²) in [6, 6.07) is 5.11. The lowest BCUT2D eigenvalue weighted by atomic mass is 10.0. The third-order valence-corrected chi connectivity index (χ3v) is 7.71. The maximum Gasteiger partial charge on any atom is 0.270 e. The number of unbranched alkanes of at least 4 members (excludes halogenated alkanes) is 1. The number of hydrogen-bond acceptors (Lipinski definition) is 3. The van der Waals surface area contributed by atoms with Gasteiger partial charge in [-0.05, 0) is 55.9 Å². The van der Waals surface area contributed by atoms with Crippen molar-refractivity contribution in [3.63, 3.8) is 0 Å². The minimum absolute atomic E-state index is 0.0587. The van der Waals surface area contributed by atoms with Gasteiger partial charge in [-0.3, -0.25) is 4.79 Å². The summed E-state index contributed by atoms with van der Waals surface area (Å²) in [6.07, 6.45) is 3.78. The Bertz CT molecular complexity index is 957. The number of carbonyl (C=O) groups excluding carboxylic acids is 1. The van der Waals surface area contributed by atoms with Gasteiger partial charge in [-0.1, -0.05) is 20.3 Å². The number of amides is 1. The molecule has 1 aliphatic heterocycles. The molecule has 1 aromatic heterocycles. The van der Waals surface area contributed by atoms with E-state index in [1.54, 1.807) is 34.5 Å². The second-order valence-corrected chi connectivity index (χ2v) is 9.94. The molecule has 6 nitrogen and oxygen atoms in total. The molecule has 1 aromatic carbocycles. The standard InChI is InChI=1S/C21H31N3O3S/c1-5-6-11-23(4)21(25)20-16(3)18-14-17(7-8-19(18)22-20)28(26,27)24-12-9-15(2)10-13-24/h7-8,14-15,22H,5-6,9-13H2,1-4H3. The van der Waals surface area contributed by atoms with Crippen LogP contribution in [0.3, 0.4) is 0 Å². The molecule has 1 saturated heterocycles. The van der Waals surface area contributed by atoms with E-state index >= 15 is 0 Å². The summed E-state index contributed by atoms with van der Waals surface area (Å²) in [5, 5.41) is 0.790. The van der Waals surface area contributed by atoms with Gasteiger partial charge in [0.05, 0.1) is 4.90 Å². The lowest BCUT2D eigenvalue weighted by molar-refractivity contribution is 0.0787. The van der Waals surface area contributed by atoms with E-state index in [1.165, 1.54) is 0 Å².